The molecule has 1 saturated heterocycles. The van der Waals surface area contributed by atoms with E-state index in [2.05, 4.69) is 22.1 Å². The number of likely N-dealkylation sites (tertiary alicyclic amines) is 1. The molecule has 2 heterocycles. The van der Waals surface area contributed by atoms with Crippen molar-refractivity contribution in [2.45, 2.75) is 32.7 Å². The molecule has 0 bridgehead atoms. The Hall–Kier alpha value is -1.43. The summed E-state index contributed by atoms with van der Waals surface area (Å²) >= 11 is 0. The first kappa shape index (κ1) is 15.9. The summed E-state index contributed by atoms with van der Waals surface area (Å²) in [5, 5.41) is 2.83. The van der Waals surface area contributed by atoms with Gasteiger partial charge in [0.25, 0.3) is 0 Å². The van der Waals surface area contributed by atoms with E-state index in [0.29, 0.717) is 6.54 Å². The molecule has 0 unspecified atom stereocenters. The van der Waals surface area contributed by atoms with Crippen molar-refractivity contribution in [1.29, 1.82) is 0 Å². The molecule has 0 aromatic carbocycles. The number of anilines is 2. The average Bonchev–Trinajstić information content (AvgIpc) is 2.49. The van der Waals surface area contributed by atoms with Gasteiger partial charge < -0.3 is 15.1 Å². The van der Waals surface area contributed by atoms with Crippen LogP contribution in [0.25, 0.3) is 0 Å². The molecule has 1 N–H and O–H groups in total. The summed E-state index contributed by atoms with van der Waals surface area (Å²) in [6.07, 6.45) is 1.94. The topological polar surface area (TPSA) is 31.4 Å². The summed E-state index contributed by atoms with van der Waals surface area (Å²) in [6.45, 7) is 7.61. The average molecular weight is 298 g/mol. The molecule has 1 aromatic rings. The van der Waals surface area contributed by atoms with Crippen molar-refractivity contribution >= 4 is 11.6 Å². The second-order valence-electron chi connectivity index (χ2n) is 5.43. The zero-order valence-corrected chi connectivity index (χ0v) is 13.0. The van der Waals surface area contributed by atoms with Crippen LogP contribution in [0.3, 0.4) is 0 Å². The Bertz CT molecular complexity index is 473. The fourth-order valence-corrected chi connectivity index (χ4v) is 2.79. The van der Waals surface area contributed by atoms with E-state index in [0.717, 1.165) is 38.5 Å². The Morgan fingerprint density at radius 2 is 1.95 bits per heavy atom. The SMILES string of the molecule is CCNc1nc(N(C)C2CCN(CC)CC2)c(F)cc1F. The number of halogens is 2. The Morgan fingerprint density at radius 1 is 1.29 bits per heavy atom. The summed E-state index contributed by atoms with van der Waals surface area (Å²) < 4.78 is 27.7. The van der Waals surface area contributed by atoms with Gasteiger partial charge in [0.05, 0.1) is 0 Å². The van der Waals surface area contributed by atoms with E-state index >= 15 is 0 Å². The van der Waals surface area contributed by atoms with Gasteiger partial charge in [0, 0.05) is 38.8 Å². The van der Waals surface area contributed by atoms with Gasteiger partial charge in [0.1, 0.15) is 0 Å². The molecule has 1 fully saturated rings. The second-order valence-corrected chi connectivity index (χ2v) is 5.43. The predicted molar refractivity (Wildman–Crippen MR) is 81.9 cm³/mol. The van der Waals surface area contributed by atoms with Gasteiger partial charge in [-0.3, -0.25) is 0 Å². The molecule has 0 radical (unpaired) electrons. The number of piperidine rings is 1. The summed E-state index contributed by atoms with van der Waals surface area (Å²) in [5.74, 6) is -0.907. The van der Waals surface area contributed by atoms with E-state index < -0.39 is 11.6 Å². The fraction of sp³-hybridized carbons (Fsp3) is 0.667. The smallest absolute Gasteiger partial charge is 0.168 e. The van der Waals surface area contributed by atoms with Crippen molar-refractivity contribution in [2.75, 3.05) is 43.4 Å². The van der Waals surface area contributed by atoms with Crippen molar-refractivity contribution in [3.63, 3.8) is 0 Å². The molecule has 6 heteroatoms. The zero-order chi connectivity index (χ0) is 15.4. The molecule has 2 rings (SSSR count). The minimum absolute atomic E-state index is 0.117. The molecule has 0 atom stereocenters. The molecular formula is C15H24F2N4. The standard InChI is InChI=1S/C15H24F2N4/c1-4-18-14-12(16)10-13(17)15(19-14)20(3)11-6-8-21(5-2)9-7-11/h10-11H,4-9H2,1-3H3,(H,18,19). The number of nitrogens with one attached hydrogen (secondary N) is 1. The molecule has 21 heavy (non-hydrogen) atoms. The lowest BCUT2D eigenvalue weighted by Crippen LogP contribution is -2.43. The second kappa shape index (κ2) is 7.02. The minimum Gasteiger partial charge on any atom is -0.368 e. The number of hydrogen-bond donors (Lipinski definition) is 1. The summed E-state index contributed by atoms with van der Waals surface area (Å²) in [6, 6.07) is 1.16. The molecule has 4 nitrogen and oxygen atoms in total. The van der Waals surface area contributed by atoms with Crippen molar-refractivity contribution in [3.8, 4) is 0 Å². The van der Waals surface area contributed by atoms with Gasteiger partial charge in [-0.1, -0.05) is 6.92 Å². The normalized spacial score (nSPS) is 17.0. The highest BCUT2D eigenvalue weighted by molar-refractivity contribution is 5.49. The first-order valence-corrected chi connectivity index (χ1v) is 7.61. The van der Waals surface area contributed by atoms with Gasteiger partial charge in [0.2, 0.25) is 0 Å². The van der Waals surface area contributed by atoms with E-state index in [1.54, 1.807) is 0 Å². The lowest BCUT2D eigenvalue weighted by molar-refractivity contribution is 0.220. The van der Waals surface area contributed by atoms with Crippen LogP contribution in [-0.4, -0.2) is 49.2 Å². The van der Waals surface area contributed by atoms with Crippen molar-refractivity contribution in [1.82, 2.24) is 9.88 Å². The molecular weight excluding hydrogens is 274 g/mol. The number of pyridine rings is 1. The van der Waals surface area contributed by atoms with E-state index in [1.807, 2.05) is 18.9 Å². The van der Waals surface area contributed by atoms with Crippen LogP contribution in [0.15, 0.2) is 6.07 Å². The van der Waals surface area contributed by atoms with Crippen molar-refractivity contribution < 1.29 is 8.78 Å². The quantitative estimate of drug-likeness (QED) is 0.905. The maximum Gasteiger partial charge on any atom is 0.168 e. The third-order valence-electron chi connectivity index (χ3n) is 4.14. The van der Waals surface area contributed by atoms with Gasteiger partial charge in [-0.05, 0) is 26.3 Å². The Balaban J connectivity index is 2.15. The van der Waals surface area contributed by atoms with Gasteiger partial charge in [-0.25, -0.2) is 13.8 Å². The maximum atomic E-state index is 14.0. The first-order valence-electron chi connectivity index (χ1n) is 7.61. The van der Waals surface area contributed by atoms with E-state index in [9.17, 15) is 8.78 Å². The fourth-order valence-electron chi connectivity index (χ4n) is 2.79. The van der Waals surface area contributed by atoms with Crippen molar-refractivity contribution in [2.24, 2.45) is 0 Å². The molecule has 0 saturated carbocycles. The Morgan fingerprint density at radius 3 is 2.52 bits per heavy atom. The minimum atomic E-state index is -0.646. The van der Waals surface area contributed by atoms with E-state index in [1.165, 1.54) is 0 Å². The van der Waals surface area contributed by atoms with E-state index in [-0.39, 0.29) is 17.7 Å². The molecule has 0 amide bonds. The lowest BCUT2D eigenvalue weighted by atomic mass is 10.0. The van der Waals surface area contributed by atoms with E-state index in [4.69, 9.17) is 0 Å². The highest BCUT2D eigenvalue weighted by atomic mass is 19.1. The lowest BCUT2D eigenvalue weighted by Gasteiger charge is -2.37. The van der Waals surface area contributed by atoms with Crippen LogP contribution in [-0.2, 0) is 0 Å². The van der Waals surface area contributed by atoms with Gasteiger partial charge in [-0.15, -0.1) is 0 Å². The molecule has 1 aliphatic heterocycles. The van der Waals surface area contributed by atoms with Gasteiger partial charge in [-0.2, -0.15) is 0 Å². The van der Waals surface area contributed by atoms with Gasteiger partial charge in [0.15, 0.2) is 23.3 Å². The van der Waals surface area contributed by atoms with Crippen LogP contribution in [0.1, 0.15) is 26.7 Å². The summed E-state index contributed by atoms with van der Waals surface area (Å²) in [7, 11) is 1.84. The Labute approximate surface area is 125 Å². The van der Waals surface area contributed by atoms with Crippen LogP contribution < -0.4 is 10.2 Å². The van der Waals surface area contributed by atoms with Crippen LogP contribution >= 0.6 is 0 Å². The number of aromatic nitrogens is 1. The van der Waals surface area contributed by atoms with Crippen LogP contribution in [0.4, 0.5) is 20.4 Å². The maximum absolute atomic E-state index is 14.0. The third-order valence-corrected chi connectivity index (χ3v) is 4.14. The molecule has 1 aromatic heterocycles. The number of nitrogens with zero attached hydrogens (tertiary/aromatic N) is 3. The monoisotopic (exact) mass is 298 g/mol. The highest BCUT2D eigenvalue weighted by Crippen LogP contribution is 2.26. The third kappa shape index (κ3) is 3.61. The van der Waals surface area contributed by atoms with Crippen molar-refractivity contribution in [3.05, 3.63) is 17.7 Å². The molecule has 0 spiro atoms. The van der Waals surface area contributed by atoms with Crippen LogP contribution in [0.2, 0.25) is 0 Å². The summed E-state index contributed by atoms with van der Waals surface area (Å²) in [5.41, 5.74) is 0. The highest BCUT2D eigenvalue weighted by Gasteiger charge is 2.25. The Kier molecular flexibility index (Phi) is 5.33. The van der Waals surface area contributed by atoms with Gasteiger partial charge >= 0.3 is 0 Å². The van der Waals surface area contributed by atoms with Crippen LogP contribution in [0, 0.1) is 11.6 Å². The largest absolute Gasteiger partial charge is 0.368 e. The number of rotatable bonds is 5. The predicted octanol–water partition coefficient (Wildman–Crippen LogP) is 2.71. The number of hydrogen-bond acceptors (Lipinski definition) is 4. The summed E-state index contributed by atoms with van der Waals surface area (Å²) in [4.78, 5) is 8.35. The zero-order valence-electron chi connectivity index (χ0n) is 13.0. The molecule has 1 aliphatic rings. The molecule has 118 valence electrons. The molecule has 0 aliphatic carbocycles. The first-order chi connectivity index (χ1) is 10.1. The van der Waals surface area contributed by atoms with Crippen LogP contribution in [0.5, 0.6) is 0 Å².